The molecule has 1 saturated heterocycles. The van der Waals surface area contributed by atoms with Crippen molar-refractivity contribution >= 4 is 5.91 Å². The van der Waals surface area contributed by atoms with Crippen LogP contribution in [0.3, 0.4) is 0 Å². The molecule has 2 N–H and O–H groups in total. The fourth-order valence-electron chi connectivity index (χ4n) is 6.43. The maximum absolute atomic E-state index is 12.8. The minimum absolute atomic E-state index is 0.0232. The van der Waals surface area contributed by atoms with Crippen LogP contribution in [0.25, 0.3) is 0 Å². The average Bonchev–Trinajstić information content (AvgIpc) is 2.67. The molecule has 1 aromatic rings. The molecule has 28 heavy (non-hydrogen) atoms. The number of hydrogen-bond donors (Lipinski definition) is 2. The number of aliphatic hydroxyl groups is 1. The van der Waals surface area contributed by atoms with E-state index < -0.39 is 5.60 Å². The summed E-state index contributed by atoms with van der Waals surface area (Å²) in [5.41, 5.74) is 0.249. The fraction of sp³-hybridized carbons (Fsp3) is 0.696. The van der Waals surface area contributed by atoms with E-state index >= 15 is 0 Å². The van der Waals surface area contributed by atoms with Gasteiger partial charge in [-0.2, -0.15) is 0 Å². The van der Waals surface area contributed by atoms with Crippen LogP contribution in [0.5, 0.6) is 5.75 Å². The number of nitrogens with one attached hydrogen (secondary N) is 1. The summed E-state index contributed by atoms with van der Waals surface area (Å²) in [5, 5.41) is 13.9. The second-order valence-corrected chi connectivity index (χ2v) is 9.53. The highest BCUT2D eigenvalue weighted by molar-refractivity contribution is 5.94. The zero-order valence-electron chi connectivity index (χ0n) is 16.4. The molecule has 4 saturated carbocycles. The Morgan fingerprint density at radius 1 is 1.18 bits per heavy atom. The first-order valence-corrected chi connectivity index (χ1v) is 10.9. The molecule has 5 heteroatoms. The average molecular weight is 386 g/mol. The molecule has 1 heterocycles. The smallest absolute Gasteiger partial charge is 0.251 e. The summed E-state index contributed by atoms with van der Waals surface area (Å²) in [5.74, 6) is 3.09. The van der Waals surface area contributed by atoms with Crippen LogP contribution < -0.4 is 10.1 Å². The number of carbonyl (C=O) groups is 1. The zero-order chi connectivity index (χ0) is 19.1. The van der Waals surface area contributed by atoms with Crippen LogP contribution in [-0.2, 0) is 4.74 Å². The molecule has 5 aliphatic rings. The van der Waals surface area contributed by atoms with E-state index in [0.717, 1.165) is 57.6 Å². The molecule has 5 fully saturated rings. The lowest BCUT2D eigenvalue weighted by Gasteiger charge is -2.58. The highest BCUT2D eigenvalue weighted by atomic mass is 16.5. The minimum Gasteiger partial charge on any atom is -0.490 e. The van der Waals surface area contributed by atoms with E-state index in [1.54, 1.807) is 0 Å². The standard InChI is InChI=1S/C23H31NO4/c25-22(16-2-1-3-20(10-16)28-19-4-6-27-7-5-19)24-14-21-17-8-15-9-18(21)13-23(26,11-15)12-17/h1-3,10,15,17-19,21,26H,4-9,11-14H2,(H,24,25). The summed E-state index contributed by atoms with van der Waals surface area (Å²) >= 11 is 0. The second-order valence-electron chi connectivity index (χ2n) is 9.53. The summed E-state index contributed by atoms with van der Waals surface area (Å²) < 4.78 is 11.4. The van der Waals surface area contributed by atoms with Crippen LogP contribution in [0.4, 0.5) is 0 Å². The molecule has 2 unspecified atom stereocenters. The molecule has 1 amide bonds. The van der Waals surface area contributed by atoms with Crippen molar-refractivity contribution in [1.29, 1.82) is 0 Å². The predicted octanol–water partition coefficient (Wildman–Crippen LogP) is 3.16. The Kier molecular flexibility index (Phi) is 4.84. The molecule has 152 valence electrons. The molecule has 1 aromatic carbocycles. The van der Waals surface area contributed by atoms with Gasteiger partial charge in [0.1, 0.15) is 11.9 Å². The van der Waals surface area contributed by atoms with E-state index in [1.807, 2.05) is 24.3 Å². The Bertz CT molecular complexity index is 713. The van der Waals surface area contributed by atoms with Gasteiger partial charge >= 0.3 is 0 Å². The Balaban J connectivity index is 1.19. The number of amides is 1. The van der Waals surface area contributed by atoms with Crippen molar-refractivity contribution in [2.24, 2.45) is 23.7 Å². The highest BCUT2D eigenvalue weighted by Gasteiger charge is 2.54. The van der Waals surface area contributed by atoms with E-state index in [0.29, 0.717) is 29.2 Å². The summed E-state index contributed by atoms with van der Waals surface area (Å²) in [6.45, 7) is 2.21. The van der Waals surface area contributed by atoms with Gasteiger partial charge in [-0.3, -0.25) is 4.79 Å². The number of ether oxygens (including phenoxy) is 2. The lowest BCUT2D eigenvalue weighted by Crippen LogP contribution is -2.56. The van der Waals surface area contributed by atoms with Crippen LogP contribution in [0.2, 0.25) is 0 Å². The van der Waals surface area contributed by atoms with Crippen molar-refractivity contribution < 1.29 is 19.4 Å². The van der Waals surface area contributed by atoms with Gasteiger partial charge in [-0.05, 0) is 74.0 Å². The van der Waals surface area contributed by atoms with Crippen molar-refractivity contribution in [1.82, 2.24) is 5.32 Å². The van der Waals surface area contributed by atoms with Gasteiger partial charge in [0.05, 0.1) is 18.8 Å². The fourth-order valence-corrected chi connectivity index (χ4v) is 6.43. The number of hydrogen-bond acceptors (Lipinski definition) is 4. The van der Waals surface area contributed by atoms with Gasteiger partial charge in [-0.1, -0.05) is 6.07 Å². The molecule has 5 nitrogen and oxygen atoms in total. The van der Waals surface area contributed by atoms with Crippen molar-refractivity contribution in [2.75, 3.05) is 19.8 Å². The van der Waals surface area contributed by atoms with Gasteiger partial charge in [0, 0.05) is 24.9 Å². The maximum atomic E-state index is 12.8. The van der Waals surface area contributed by atoms with Crippen LogP contribution in [0, 0.1) is 23.7 Å². The Hall–Kier alpha value is -1.59. The van der Waals surface area contributed by atoms with Crippen molar-refractivity contribution in [3.8, 4) is 5.75 Å². The van der Waals surface area contributed by atoms with E-state index in [9.17, 15) is 9.90 Å². The van der Waals surface area contributed by atoms with Crippen LogP contribution >= 0.6 is 0 Å². The lowest BCUT2D eigenvalue weighted by atomic mass is 9.50. The summed E-state index contributed by atoms with van der Waals surface area (Å²) in [7, 11) is 0. The number of benzene rings is 1. The third-order valence-corrected chi connectivity index (χ3v) is 7.50. The third-order valence-electron chi connectivity index (χ3n) is 7.50. The Labute approximate surface area is 166 Å². The van der Waals surface area contributed by atoms with E-state index in [-0.39, 0.29) is 12.0 Å². The number of rotatable bonds is 5. The van der Waals surface area contributed by atoms with Gasteiger partial charge in [-0.25, -0.2) is 0 Å². The molecule has 4 aliphatic carbocycles. The van der Waals surface area contributed by atoms with Gasteiger partial charge in [-0.15, -0.1) is 0 Å². The normalized spacial score (nSPS) is 37.0. The highest BCUT2D eigenvalue weighted by Crippen LogP contribution is 2.58. The third kappa shape index (κ3) is 3.67. The molecule has 1 aliphatic heterocycles. The largest absolute Gasteiger partial charge is 0.490 e. The van der Waals surface area contributed by atoms with Gasteiger partial charge in [0.2, 0.25) is 0 Å². The minimum atomic E-state index is -0.410. The monoisotopic (exact) mass is 385 g/mol. The second kappa shape index (κ2) is 7.34. The topological polar surface area (TPSA) is 67.8 Å². The Morgan fingerprint density at radius 2 is 1.93 bits per heavy atom. The summed E-state index contributed by atoms with van der Waals surface area (Å²) in [6, 6.07) is 7.52. The number of carbonyl (C=O) groups excluding carboxylic acids is 1. The van der Waals surface area contributed by atoms with Crippen molar-refractivity contribution in [3.63, 3.8) is 0 Å². The van der Waals surface area contributed by atoms with E-state index in [4.69, 9.17) is 9.47 Å². The molecule has 6 rings (SSSR count). The van der Waals surface area contributed by atoms with E-state index in [2.05, 4.69) is 5.32 Å². The summed E-state index contributed by atoms with van der Waals surface area (Å²) in [6.07, 6.45) is 7.28. The molecule has 0 spiro atoms. The van der Waals surface area contributed by atoms with E-state index in [1.165, 1.54) is 12.8 Å². The van der Waals surface area contributed by atoms with Gasteiger partial charge in [0.25, 0.3) is 5.91 Å². The first-order valence-electron chi connectivity index (χ1n) is 10.9. The van der Waals surface area contributed by atoms with Crippen molar-refractivity contribution in [2.45, 2.75) is 56.7 Å². The Morgan fingerprint density at radius 3 is 2.64 bits per heavy atom. The van der Waals surface area contributed by atoms with Crippen molar-refractivity contribution in [3.05, 3.63) is 29.8 Å². The van der Waals surface area contributed by atoms with Crippen LogP contribution in [-0.4, -0.2) is 42.5 Å². The molecule has 0 aromatic heterocycles. The summed E-state index contributed by atoms with van der Waals surface area (Å²) in [4.78, 5) is 12.8. The van der Waals surface area contributed by atoms with Crippen LogP contribution in [0.1, 0.15) is 55.3 Å². The quantitative estimate of drug-likeness (QED) is 0.817. The molecular weight excluding hydrogens is 354 g/mol. The lowest BCUT2D eigenvalue weighted by molar-refractivity contribution is -0.150. The predicted molar refractivity (Wildman–Crippen MR) is 105 cm³/mol. The van der Waals surface area contributed by atoms with Crippen LogP contribution in [0.15, 0.2) is 24.3 Å². The molecule has 4 bridgehead atoms. The molecular formula is C23H31NO4. The maximum Gasteiger partial charge on any atom is 0.251 e. The zero-order valence-corrected chi connectivity index (χ0v) is 16.4. The van der Waals surface area contributed by atoms with Gasteiger partial charge in [0.15, 0.2) is 0 Å². The first-order chi connectivity index (χ1) is 13.6. The molecule has 0 radical (unpaired) electrons. The SMILES string of the molecule is O=C(NCC1C2CC3CC1CC(O)(C3)C2)c1cccc(OC2CCOCC2)c1. The first kappa shape index (κ1) is 18.4. The van der Waals surface area contributed by atoms with Gasteiger partial charge < -0.3 is 19.9 Å². The molecule has 2 atom stereocenters.